The fraction of sp³-hybridized carbons (Fsp3) is 0.692. The summed E-state index contributed by atoms with van der Waals surface area (Å²) < 4.78 is 1.49. The Bertz CT molecular complexity index is 535. The normalized spacial score (nSPS) is 20.9. The number of aliphatic hydroxyl groups excluding tert-OH is 1. The lowest BCUT2D eigenvalue weighted by molar-refractivity contribution is 0.260. The van der Waals surface area contributed by atoms with Crippen LogP contribution < -0.4 is 10.9 Å². The van der Waals surface area contributed by atoms with E-state index in [0.29, 0.717) is 23.2 Å². The molecule has 0 aliphatic heterocycles. The van der Waals surface area contributed by atoms with Gasteiger partial charge in [0.25, 0.3) is 5.56 Å². The average Bonchev–Trinajstić information content (AvgIpc) is 3.12. The highest BCUT2D eigenvalue weighted by molar-refractivity contribution is 6.33. The van der Waals surface area contributed by atoms with E-state index in [1.54, 1.807) is 0 Å². The van der Waals surface area contributed by atoms with Gasteiger partial charge in [-0.15, -0.1) is 0 Å². The molecule has 1 heterocycles. The van der Waals surface area contributed by atoms with E-state index in [2.05, 4.69) is 10.4 Å². The molecule has 2 aliphatic carbocycles. The highest BCUT2D eigenvalue weighted by Gasteiger charge is 2.43. The van der Waals surface area contributed by atoms with Gasteiger partial charge < -0.3 is 10.4 Å². The molecule has 0 radical (unpaired) electrons. The molecule has 0 bridgehead atoms. The number of rotatable bonds is 5. The minimum absolute atomic E-state index is 0.0215. The van der Waals surface area contributed by atoms with Gasteiger partial charge in [0, 0.05) is 6.54 Å². The Morgan fingerprint density at radius 3 is 2.79 bits per heavy atom. The van der Waals surface area contributed by atoms with Crippen LogP contribution in [0.2, 0.25) is 5.02 Å². The molecular weight excluding hydrogens is 266 g/mol. The number of aliphatic hydroxyl groups is 1. The molecule has 104 valence electrons. The maximum absolute atomic E-state index is 12.4. The Morgan fingerprint density at radius 1 is 1.53 bits per heavy atom. The van der Waals surface area contributed by atoms with Crippen LogP contribution in [0.5, 0.6) is 0 Å². The van der Waals surface area contributed by atoms with E-state index >= 15 is 0 Å². The highest BCUT2D eigenvalue weighted by Crippen LogP contribution is 2.38. The molecule has 2 saturated carbocycles. The molecule has 2 aliphatic rings. The van der Waals surface area contributed by atoms with Crippen LogP contribution >= 0.6 is 11.6 Å². The van der Waals surface area contributed by atoms with E-state index in [1.165, 1.54) is 30.1 Å². The molecule has 0 aromatic carbocycles. The van der Waals surface area contributed by atoms with Gasteiger partial charge in [0.1, 0.15) is 5.69 Å². The van der Waals surface area contributed by atoms with Gasteiger partial charge in [-0.05, 0) is 31.6 Å². The first kappa shape index (κ1) is 12.9. The Kier molecular flexibility index (Phi) is 3.27. The van der Waals surface area contributed by atoms with Gasteiger partial charge in [0.15, 0.2) is 0 Å². The van der Waals surface area contributed by atoms with E-state index in [9.17, 15) is 9.90 Å². The molecule has 0 spiro atoms. The molecule has 1 aromatic rings. The SMILES string of the molecule is O=c1c(NC2(CO)CC2)c(Cl)cnn1CC1CCC1. The van der Waals surface area contributed by atoms with Crippen molar-refractivity contribution in [2.45, 2.75) is 44.2 Å². The van der Waals surface area contributed by atoms with Gasteiger partial charge in [-0.25, -0.2) is 4.68 Å². The van der Waals surface area contributed by atoms with Crippen molar-refractivity contribution in [3.05, 3.63) is 21.6 Å². The third kappa shape index (κ3) is 2.49. The summed E-state index contributed by atoms with van der Waals surface area (Å²) in [5.41, 5.74) is -0.153. The van der Waals surface area contributed by atoms with E-state index in [4.69, 9.17) is 11.6 Å². The van der Waals surface area contributed by atoms with Gasteiger partial charge in [-0.3, -0.25) is 4.79 Å². The van der Waals surface area contributed by atoms with E-state index in [-0.39, 0.29) is 17.7 Å². The summed E-state index contributed by atoms with van der Waals surface area (Å²) in [4.78, 5) is 12.4. The summed E-state index contributed by atoms with van der Waals surface area (Å²) in [6.07, 6.45) is 6.82. The van der Waals surface area contributed by atoms with Crippen LogP contribution in [0.3, 0.4) is 0 Å². The first-order valence-electron chi connectivity index (χ1n) is 6.78. The maximum Gasteiger partial charge on any atom is 0.291 e. The van der Waals surface area contributed by atoms with Gasteiger partial charge in [-0.2, -0.15) is 5.10 Å². The molecule has 5 nitrogen and oxygen atoms in total. The quantitative estimate of drug-likeness (QED) is 0.862. The summed E-state index contributed by atoms with van der Waals surface area (Å²) in [6.45, 7) is 0.685. The van der Waals surface area contributed by atoms with E-state index in [1.807, 2.05) is 0 Å². The number of hydrogen-bond acceptors (Lipinski definition) is 4. The van der Waals surface area contributed by atoms with Crippen LogP contribution in [-0.2, 0) is 6.54 Å². The molecule has 2 N–H and O–H groups in total. The minimum atomic E-state index is -0.349. The molecule has 0 atom stereocenters. The third-order valence-electron chi connectivity index (χ3n) is 4.20. The maximum atomic E-state index is 12.4. The van der Waals surface area contributed by atoms with E-state index < -0.39 is 0 Å². The molecule has 2 fully saturated rings. The fourth-order valence-electron chi connectivity index (χ4n) is 2.37. The first-order chi connectivity index (χ1) is 9.13. The Morgan fingerprint density at radius 2 is 2.26 bits per heavy atom. The summed E-state index contributed by atoms with van der Waals surface area (Å²) in [7, 11) is 0. The minimum Gasteiger partial charge on any atom is -0.394 e. The van der Waals surface area contributed by atoms with Gasteiger partial charge in [-0.1, -0.05) is 18.0 Å². The number of hydrogen-bond donors (Lipinski definition) is 2. The zero-order valence-corrected chi connectivity index (χ0v) is 11.5. The van der Waals surface area contributed by atoms with Crippen LogP contribution in [0.25, 0.3) is 0 Å². The second kappa shape index (κ2) is 4.80. The Balaban J connectivity index is 1.85. The number of nitrogens with zero attached hydrogens (tertiary/aromatic N) is 2. The van der Waals surface area contributed by atoms with Crippen molar-refractivity contribution < 1.29 is 5.11 Å². The van der Waals surface area contributed by atoms with Gasteiger partial charge >= 0.3 is 0 Å². The average molecular weight is 284 g/mol. The molecule has 6 heteroatoms. The van der Waals surface area contributed by atoms with Gasteiger partial charge in [0.05, 0.1) is 23.4 Å². The van der Waals surface area contributed by atoms with Gasteiger partial charge in [0.2, 0.25) is 0 Å². The molecule has 1 aromatic heterocycles. The number of aromatic nitrogens is 2. The zero-order valence-electron chi connectivity index (χ0n) is 10.7. The molecule has 3 rings (SSSR count). The predicted octanol–water partition coefficient (Wildman–Crippen LogP) is 1.63. The molecule has 0 unspecified atom stereocenters. The predicted molar refractivity (Wildman–Crippen MR) is 73.5 cm³/mol. The lowest BCUT2D eigenvalue weighted by Gasteiger charge is -2.25. The monoisotopic (exact) mass is 283 g/mol. The van der Waals surface area contributed by atoms with Crippen molar-refractivity contribution >= 4 is 17.3 Å². The van der Waals surface area contributed by atoms with Crippen LogP contribution in [0.1, 0.15) is 32.1 Å². The molecule has 0 amide bonds. The van der Waals surface area contributed by atoms with Crippen LogP contribution in [0, 0.1) is 5.92 Å². The summed E-state index contributed by atoms with van der Waals surface area (Å²) in [5.74, 6) is 0.562. The summed E-state index contributed by atoms with van der Waals surface area (Å²) in [5, 5.41) is 16.9. The van der Waals surface area contributed by atoms with Crippen molar-refractivity contribution in [1.82, 2.24) is 9.78 Å². The second-order valence-electron chi connectivity index (χ2n) is 5.72. The fourth-order valence-corrected chi connectivity index (χ4v) is 2.54. The molecular formula is C13H18ClN3O2. The second-order valence-corrected chi connectivity index (χ2v) is 6.12. The van der Waals surface area contributed by atoms with Crippen molar-refractivity contribution in [1.29, 1.82) is 0 Å². The van der Waals surface area contributed by atoms with Crippen LogP contribution in [0.4, 0.5) is 5.69 Å². The van der Waals surface area contributed by atoms with Crippen LogP contribution in [0.15, 0.2) is 11.0 Å². The molecule has 19 heavy (non-hydrogen) atoms. The number of nitrogens with one attached hydrogen (secondary N) is 1. The zero-order chi connectivity index (χ0) is 13.5. The van der Waals surface area contributed by atoms with Crippen molar-refractivity contribution in [3.63, 3.8) is 0 Å². The smallest absolute Gasteiger partial charge is 0.291 e. The third-order valence-corrected chi connectivity index (χ3v) is 4.49. The number of halogens is 1. The Labute approximate surface area is 116 Å². The lowest BCUT2D eigenvalue weighted by atomic mass is 9.85. The first-order valence-corrected chi connectivity index (χ1v) is 7.16. The van der Waals surface area contributed by atoms with E-state index in [0.717, 1.165) is 12.8 Å². The summed E-state index contributed by atoms with van der Waals surface area (Å²) in [6, 6.07) is 0. The largest absolute Gasteiger partial charge is 0.394 e. The number of anilines is 1. The summed E-state index contributed by atoms with van der Waals surface area (Å²) >= 11 is 6.06. The molecule has 0 saturated heterocycles. The topological polar surface area (TPSA) is 67.2 Å². The standard InChI is InChI=1S/C13H18ClN3O2/c14-10-6-15-17(7-9-2-1-3-9)12(19)11(10)16-13(8-18)4-5-13/h6,9,16,18H,1-5,7-8H2. The Hall–Kier alpha value is -1.07. The lowest BCUT2D eigenvalue weighted by Crippen LogP contribution is -2.34. The van der Waals surface area contributed by atoms with Crippen molar-refractivity contribution in [2.24, 2.45) is 5.92 Å². The van der Waals surface area contributed by atoms with Crippen molar-refractivity contribution in [3.8, 4) is 0 Å². The van der Waals surface area contributed by atoms with Crippen molar-refractivity contribution in [2.75, 3.05) is 11.9 Å². The highest BCUT2D eigenvalue weighted by atomic mass is 35.5. The van der Waals surface area contributed by atoms with Crippen LogP contribution in [-0.4, -0.2) is 27.0 Å².